The number of benzene rings is 2. The minimum Gasteiger partial charge on any atom is -0.495 e. The number of hydrogen-bond acceptors (Lipinski definition) is 6. The minimum absolute atomic E-state index is 0.0545. The third-order valence-electron chi connectivity index (χ3n) is 3.39. The fourth-order valence-electron chi connectivity index (χ4n) is 2.12. The van der Waals surface area contributed by atoms with E-state index in [2.05, 4.69) is 10.0 Å². The first-order chi connectivity index (χ1) is 12.3. The van der Waals surface area contributed by atoms with Crippen LogP contribution in [0.4, 0.5) is 5.69 Å². The van der Waals surface area contributed by atoms with Crippen molar-refractivity contribution >= 4 is 21.6 Å². The Labute approximate surface area is 150 Å². The molecule has 0 heterocycles. The molecule has 2 aromatic rings. The Morgan fingerprint density at radius 2 is 1.85 bits per heavy atom. The predicted molar refractivity (Wildman–Crippen MR) is 93.6 cm³/mol. The second kappa shape index (κ2) is 8.41. The Kier molecular flexibility index (Phi) is 6.26. The SMILES string of the molecule is COc1cc([N+](=O)[O-])ccc1S(=O)(=O)NCCNC(=O)c1ccccc1. The first-order valence-electron chi connectivity index (χ1n) is 7.50. The zero-order valence-corrected chi connectivity index (χ0v) is 14.7. The number of rotatable bonds is 8. The first kappa shape index (κ1) is 19.3. The van der Waals surface area contributed by atoms with Gasteiger partial charge in [-0.05, 0) is 18.2 Å². The molecule has 0 aliphatic rings. The number of hydrogen-bond donors (Lipinski definition) is 2. The lowest BCUT2D eigenvalue weighted by molar-refractivity contribution is -0.385. The van der Waals surface area contributed by atoms with Gasteiger partial charge >= 0.3 is 0 Å². The van der Waals surface area contributed by atoms with Crippen LogP contribution >= 0.6 is 0 Å². The molecule has 1 amide bonds. The summed E-state index contributed by atoms with van der Waals surface area (Å²) >= 11 is 0. The lowest BCUT2D eigenvalue weighted by atomic mass is 10.2. The molecule has 0 saturated heterocycles. The van der Waals surface area contributed by atoms with Crippen molar-refractivity contribution in [3.8, 4) is 5.75 Å². The number of nitrogens with zero attached hydrogens (tertiary/aromatic N) is 1. The van der Waals surface area contributed by atoms with Gasteiger partial charge in [0.1, 0.15) is 10.6 Å². The maximum absolute atomic E-state index is 12.3. The van der Waals surface area contributed by atoms with E-state index in [-0.39, 0.29) is 35.3 Å². The summed E-state index contributed by atoms with van der Waals surface area (Å²) in [5, 5.41) is 13.4. The second-order valence-electron chi connectivity index (χ2n) is 5.11. The van der Waals surface area contributed by atoms with Gasteiger partial charge in [0.2, 0.25) is 10.0 Å². The quantitative estimate of drug-likeness (QED) is 0.404. The predicted octanol–water partition coefficient (Wildman–Crippen LogP) is 1.31. The van der Waals surface area contributed by atoms with E-state index in [1.165, 1.54) is 7.11 Å². The van der Waals surface area contributed by atoms with Crippen molar-refractivity contribution in [3.63, 3.8) is 0 Å². The molecular weight excluding hydrogens is 362 g/mol. The van der Waals surface area contributed by atoms with Crippen LogP contribution in [0.2, 0.25) is 0 Å². The van der Waals surface area contributed by atoms with E-state index in [9.17, 15) is 23.3 Å². The molecule has 0 atom stereocenters. The maximum atomic E-state index is 12.3. The molecule has 138 valence electrons. The monoisotopic (exact) mass is 379 g/mol. The molecule has 26 heavy (non-hydrogen) atoms. The first-order valence-corrected chi connectivity index (χ1v) is 8.99. The van der Waals surface area contributed by atoms with Crippen LogP contribution in [0.1, 0.15) is 10.4 Å². The Morgan fingerprint density at radius 1 is 1.15 bits per heavy atom. The average molecular weight is 379 g/mol. The molecule has 2 N–H and O–H groups in total. The number of nitrogens with one attached hydrogen (secondary N) is 2. The molecule has 2 rings (SSSR count). The zero-order valence-electron chi connectivity index (χ0n) is 13.8. The topological polar surface area (TPSA) is 128 Å². The van der Waals surface area contributed by atoms with Gasteiger partial charge in [-0.15, -0.1) is 0 Å². The largest absolute Gasteiger partial charge is 0.495 e. The van der Waals surface area contributed by atoms with Crippen LogP contribution in [0.25, 0.3) is 0 Å². The van der Waals surface area contributed by atoms with E-state index in [0.717, 1.165) is 18.2 Å². The van der Waals surface area contributed by atoms with Gasteiger partial charge in [0.05, 0.1) is 18.1 Å². The van der Waals surface area contributed by atoms with Gasteiger partial charge in [-0.25, -0.2) is 13.1 Å². The van der Waals surface area contributed by atoms with Crippen LogP contribution in [0.15, 0.2) is 53.4 Å². The van der Waals surface area contributed by atoms with Crippen molar-refractivity contribution in [1.29, 1.82) is 0 Å². The fraction of sp³-hybridized carbons (Fsp3) is 0.188. The van der Waals surface area contributed by atoms with E-state index < -0.39 is 14.9 Å². The molecule has 0 aromatic heterocycles. The number of sulfonamides is 1. The third-order valence-corrected chi connectivity index (χ3v) is 4.89. The highest BCUT2D eigenvalue weighted by Gasteiger charge is 2.22. The zero-order chi connectivity index (χ0) is 19.2. The number of non-ortho nitro benzene ring substituents is 1. The van der Waals surface area contributed by atoms with Crippen molar-refractivity contribution in [2.75, 3.05) is 20.2 Å². The van der Waals surface area contributed by atoms with Crippen LogP contribution in [0.3, 0.4) is 0 Å². The molecule has 0 aliphatic carbocycles. The highest BCUT2D eigenvalue weighted by molar-refractivity contribution is 7.89. The van der Waals surface area contributed by atoms with Crippen LogP contribution < -0.4 is 14.8 Å². The number of carbonyl (C=O) groups is 1. The molecule has 9 nitrogen and oxygen atoms in total. The molecule has 10 heteroatoms. The van der Waals surface area contributed by atoms with Crippen LogP contribution in [-0.4, -0.2) is 39.4 Å². The number of amides is 1. The summed E-state index contributed by atoms with van der Waals surface area (Å²) in [5.74, 6) is -0.460. The van der Waals surface area contributed by atoms with Gasteiger partial charge < -0.3 is 10.1 Å². The van der Waals surface area contributed by atoms with Gasteiger partial charge in [-0.2, -0.15) is 0 Å². The minimum atomic E-state index is -3.96. The molecule has 0 bridgehead atoms. The van der Waals surface area contributed by atoms with Gasteiger partial charge in [0.15, 0.2) is 0 Å². The summed E-state index contributed by atoms with van der Waals surface area (Å²) in [6.45, 7) is 0.0172. The van der Waals surface area contributed by atoms with E-state index in [0.29, 0.717) is 5.56 Å². The summed E-state index contributed by atoms with van der Waals surface area (Å²) in [5.41, 5.74) is 0.184. The number of nitro benzene ring substituents is 1. The van der Waals surface area contributed by atoms with Crippen LogP contribution in [-0.2, 0) is 10.0 Å². The molecule has 0 radical (unpaired) electrons. The molecule has 0 aliphatic heterocycles. The Morgan fingerprint density at radius 3 is 2.46 bits per heavy atom. The number of ether oxygens (including phenoxy) is 1. The number of carbonyl (C=O) groups excluding carboxylic acids is 1. The average Bonchev–Trinajstić information content (AvgIpc) is 2.65. The summed E-state index contributed by atoms with van der Waals surface area (Å²) in [6, 6.07) is 11.7. The molecule has 0 saturated carbocycles. The summed E-state index contributed by atoms with van der Waals surface area (Å²) in [7, 11) is -2.74. The van der Waals surface area contributed by atoms with Gasteiger partial charge in [-0.1, -0.05) is 18.2 Å². The standard InChI is InChI=1S/C16H17N3O6S/c1-25-14-11-13(19(21)22)7-8-15(14)26(23,24)18-10-9-17-16(20)12-5-3-2-4-6-12/h2-8,11,18H,9-10H2,1H3,(H,17,20). The third kappa shape index (κ3) is 4.77. The van der Waals surface area contributed by atoms with E-state index in [4.69, 9.17) is 4.74 Å². The fourth-order valence-corrected chi connectivity index (χ4v) is 3.30. The van der Waals surface area contributed by atoms with Gasteiger partial charge in [-0.3, -0.25) is 14.9 Å². The molecular formula is C16H17N3O6S. The van der Waals surface area contributed by atoms with Crippen molar-refractivity contribution in [2.45, 2.75) is 4.90 Å². The van der Waals surface area contributed by atoms with E-state index >= 15 is 0 Å². The van der Waals surface area contributed by atoms with Crippen molar-refractivity contribution in [2.24, 2.45) is 0 Å². The highest BCUT2D eigenvalue weighted by atomic mass is 32.2. The van der Waals surface area contributed by atoms with E-state index in [1.54, 1.807) is 30.3 Å². The molecule has 0 fully saturated rings. The van der Waals surface area contributed by atoms with Crippen molar-refractivity contribution < 1.29 is 22.9 Å². The maximum Gasteiger partial charge on any atom is 0.273 e. The molecule has 2 aromatic carbocycles. The van der Waals surface area contributed by atoms with Crippen molar-refractivity contribution in [1.82, 2.24) is 10.0 Å². The highest BCUT2D eigenvalue weighted by Crippen LogP contribution is 2.28. The summed E-state index contributed by atoms with van der Waals surface area (Å²) in [6.07, 6.45) is 0. The van der Waals surface area contributed by atoms with Gasteiger partial charge in [0.25, 0.3) is 11.6 Å². The smallest absolute Gasteiger partial charge is 0.273 e. The lowest BCUT2D eigenvalue weighted by Gasteiger charge is -2.11. The number of nitro groups is 1. The van der Waals surface area contributed by atoms with Gasteiger partial charge in [0, 0.05) is 24.7 Å². The second-order valence-corrected chi connectivity index (χ2v) is 6.85. The summed E-state index contributed by atoms with van der Waals surface area (Å²) in [4.78, 5) is 21.8. The summed E-state index contributed by atoms with van der Waals surface area (Å²) < 4.78 is 31.9. The normalized spacial score (nSPS) is 11.0. The molecule has 0 spiro atoms. The van der Waals surface area contributed by atoms with Crippen LogP contribution in [0.5, 0.6) is 5.75 Å². The Bertz CT molecular complexity index is 899. The van der Waals surface area contributed by atoms with E-state index in [1.807, 2.05) is 0 Å². The Balaban J connectivity index is 1.98. The Hall–Kier alpha value is -2.98. The molecule has 0 unspecified atom stereocenters. The lowest BCUT2D eigenvalue weighted by Crippen LogP contribution is -2.34. The van der Waals surface area contributed by atoms with Crippen LogP contribution in [0, 0.1) is 10.1 Å². The van der Waals surface area contributed by atoms with Crippen molar-refractivity contribution in [3.05, 3.63) is 64.2 Å². The number of methoxy groups -OCH3 is 1.